The third kappa shape index (κ3) is 8.96. The largest absolute Gasteiger partial charge is 0.481 e. The summed E-state index contributed by atoms with van der Waals surface area (Å²) in [6.45, 7) is 0. The van der Waals surface area contributed by atoms with Gasteiger partial charge in [0.05, 0.1) is 45.6 Å². The van der Waals surface area contributed by atoms with Gasteiger partial charge < -0.3 is 30.1 Å². The minimum atomic E-state index is -1.31. The highest BCUT2D eigenvalue weighted by Crippen LogP contribution is 2.19. The molecule has 55 heavy (non-hydrogen) atoms. The standard InChI is InChI=1S/2C20H14N4.C3H4O4/c2*1-2-14-10-16-5-6-18(23-16)12-20-8-7-19(24-20)11-17-4-3-15(22-17)9-13(1)21-14;4-2(5)1-3(6)7/h2*1-12,21,24H;1H2,(H,4,5)(H,6,7). The van der Waals surface area contributed by atoms with Gasteiger partial charge in [-0.2, -0.15) is 0 Å². The Morgan fingerprint density at radius 1 is 0.345 bits per heavy atom. The molecule has 0 radical (unpaired) electrons. The first kappa shape index (κ1) is 34.2. The van der Waals surface area contributed by atoms with Crippen LogP contribution in [0.1, 0.15) is 52.0 Å². The van der Waals surface area contributed by atoms with E-state index in [-0.39, 0.29) is 0 Å². The second-order valence-corrected chi connectivity index (χ2v) is 12.8. The first-order valence-electron chi connectivity index (χ1n) is 17.3. The SMILES string of the molecule is C1=Cc2cc3ccc(cc4nc(cc5ccc(cc1n2)[nH]5)C=C4)[nH]3.C1=Cc2cc3ccc(cc4nc(cc5ccc(cc1n2)[nH]5)C=C4)[nH]3.O=C(O)CC(=O)O. The van der Waals surface area contributed by atoms with E-state index in [1.807, 2.05) is 97.1 Å². The normalized spacial score (nSPS) is 12.1. The van der Waals surface area contributed by atoms with Crippen molar-refractivity contribution in [1.29, 1.82) is 0 Å². The number of hydrogen-bond acceptors (Lipinski definition) is 6. The topological polar surface area (TPSA) is 189 Å². The zero-order valence-corrected chi connectivity index (χ0v) is 29.1. The summed E-state index contributed by atoms with van der Waals surface area (Å²) >= 11 is 0. The van der Waals surface area contributed by atoms with E-state index in [0.717, 1.165) is 89.7 Å². The number of H-pyrrole nitrogens is 4. The molecule has 10 rings (SSSR count). The van der Waals surface area contributed by atoms with Crippen molar-refractivity contribution in [2.75, 3.05) is 0 Å². The van der Waals surface area contributed by atoms with Gasteiger partial charge in [0, 0.05) is 44.1 Å². The van der Waals surface area contributed by atoms with Crippen LogP contribution >= 0.6 is 0 Å². The van der Waals surface area contributed by atoms with Crippen LogP contribution in [0.2, 0.25) is 0 Å². The van der Waals surface area contributed by atoms with E-state index in [9.17, 15) is 9.59 Å². The molecule has 4 aliphatic heterocycles. The summed E-state index contributed by atoms with van der Waals surface area (Å²) in [7, 11) is 0. The van der Waals surface area contributed by atoms with Crippen LogP contribution < -0.4 is 0 Å². The smallest absolute Gasteiger partial charge is 0.314 e. The van der Waals surface area contributed by atoms with Crippen molar-refractivity contribution in [3.8, 4) is 0 Å². The first-order valence-corrected chi connectivity index (χ1v) is 17.3. The van der Waals surface area contributed by atoms with Gasteiger partial charge in [-0.15, -0.1) is 0 Å². The van der Waals surface area contributed by atoms with Crippen LogP contribution in [-0.2, 0) is 9.59 Å². The van der Waals surface area contributed by atoms with Crippen molar-refractivity contribution in [1.82, 2.24) is 39.9 Å². The number of aromatic nitrogens is 8. The number of rotatable bonds is 2. The Kier molecular flexibility index (Phi) is 9.34. The Balaban J connectivity index is 0.000000133. The zero-order chi connectivity index (χ0) is 37.7. The lowest BCUT2D eigenvalue weighted by molar-refractivity contribution is -0.147. The van der Waals surface area contributed by atoms with Gasteiger partial charge in [0.2, 0.25) is 0 Å². The molecule has 268 valence electrons. The number of carboxylic acids is 2. The Hall–Kier alpha value is -7.86. The number of aliphatic carboxylic acids is 2. The lowest BCUT2D eigenvalue weighted by atomic mass is 10.3. The maximum Gasteiger partial charge on any atom is 0.314 e. The van der Waals surface area contributed by atoms with Crippen molar-refractivity contribution in [2.24, 2.45) is 0 Å². The molecule has 0 unspecified atom stereocenters. The third-order valence-corrected chi connectivity index (χ3v) is 8.39. The Bertz CT molecular complexity index is 2390. The number of fused-ring (bicyclic) bond motifs is 16. The minimum Gasteiger partial charge on any atom is -0.481 e. The predicted molar refractivity (Wildman–Crippen MR) is 218 cm³/mol. The summed E-state index contributed by atoms with van der Waals surface area (Å²) < 4.78 is 0. The number of nitrogens with one attached hydrogen (secondary N) is 4. The van der Waals surface area contributed by atoms with Crippen LogP contribution in [0.3, 0.4) is 0 Å². The molecule has 0 aromatic carbocycles. The highest BCUT2D eigenvalue weighted by atomic mass is 16.4. The molecule has 0 atom stereocenters. The average molecular weight is 725 g/mol. The third-order valence-electron chi connectivity index (χ3n) is 8.39. The summed E-state index contributed by atoms with van der Waals surface area (Å²) in [4.78, 5) is 50.9. The van der Waals surface area contributed by atoms with Crippen LogP contribution in [0.5, 0.6) is 0 Å². The van der Waals surface area contributed by atoms with Crippen molar-refractivity contribution >= 4 is 105 Å². The number of nitrogens with zero attached hydrogens (tertiary/aromatic N) is 4. The molecule has 0 amide bonds. The minimum absolute atomic E-state index is 0.806. The second kappa shape index (κ2) is 15.0. The molecule has 6 N–H and O–H groups in total. The van der Waals surface area contributed by atoms with E-state index in [2.05, 4.69) is 88.4 Å². The number of hydrogen-bond donors (Lipinski definition) is 6. The fourth-order valence-electron chi connectivity index (χ4n) is 6.02. The summed E-state index contributed by atoms with van der Waals surface area (Å²) in [5.41, 5.74) is 15.7. The molecule has 10 heterocycles. The van der Waals surface area contributed by atoms with E-state index >= 15 is 0 Å². The van der Waals surface area contributed by atoms with Gasteiger partial charge in [0.25, 0.3) is 0 Å². The molecule has 16 bridgehead atoms. The van der Waals surface area contributed by atoms with E-state index in [1.54, 1.807) is 0 Å². The van der Waals surface area contributed by atoms with Crippen LogP contribution in [0.4, 0.5) is 0 Å². The van der Waals surface area contributed by atoms with Crippen LogP contribution in [0.15, 0.2) is 97.1 Å². The van der Waals surface area contributed by atoms with E-state index in [4.69, 9.17) is 10.2 Å². The van der Waals surface area contributed by atoms with Crippen LogP contribution in [0, 0.1) is 0 Å². The second-order valence-electron chi connectivity index (χ2n) is 12.8. The molecule has 6 aromatic rings. The van der Waals surface area contributed by atoms with Gasteiger partial charge >= 0.3 is 11.9 Å². The van der Waals surface area contributed by atoms with E-state index in [1.165, 1.54) is 0 Å². The van der Waals surface area contributed by atoms with Crippen LogP contribution in [0.25, 0.3) is 92.7 Å². The van der Waals surface area contributed by atoms with Gasteiger partial charge in [-0.05, 0) is 146 Å². The van der Waals surface area contributed by atoms with Crippen molar-refractivity contribution < 1.29 is 19.8 Å². The Morgan fingerprint density at radius 2 is 0.509 bits per heavy atom. The van der Waals surface area contributed by atoms with Gasteiger partial charge in [0.1, 0.15) is 6.42 Å². The molecular formula is C43H32N8O4. The molecule has 0 fully saturated rings. The van der Waals surface area contributed by atoms with E-state index in [0.29, 0.717) is 0 Å². The highest BCUT2D eigenvalue weighted by molar-refractivity contribution is 5.89. The first-order chi connectivity index (χ1) is 26.7. The summed E-state index contributed by atoms with van der Waals surface area (Å²) in [5.74, 6) is -2.62. The van der Waals surface area contributed by atoms with Gasteiger partial charge in [-0.1, -0.05) is 0 Å². The number of carbonyl (C=O) groups is 2. The number of carboxylic acid groups (broad SMARTS) is 2. The Morgan fingerprint density at radius 3 is 0.636 bits per heavy atom. The van der Waals surface area contributed by atoms with Crippen molar-refractivity contribution in [2.45, 2.75) is 6.42 Å². The lowest BCUT2D eigenvalue weighted by Crippen LogP contribution is -2.03. The fourth-order valence-corrected chi connectivity index (χ4v) is 6.02. The molecule has 6 aromatic heterocycles. The molecule has 4 aliphatic rings. The molecule has 0 saturated heterocycles. The lowest BCUT2D eigenvalue weighted by Gasteiger charge is -1.85. The molecule has 0 spiro atoms. The average Bonchev–Trinajstić information content (AvgIpc) is 3.98. The van der Waals surface area contributed by atoms with Crippen molar-refractivity contribution in [3.63, 3.8) is 0 Å². The quantitative estimate of drug-likeness (QED) is 0.0953. The maximum atomic E-state index is 9.43. The van der Waals surface area contributed by atoms with Gasteiger partial charge in [-0.25, -0.2) is 19.9 Å². The zero-order valence-electron chi connectivity index (χ0n) is 29.1. The number of aromatic amines is 4. The summed E-state index contributed by atoms with van der Waals surface area (Å²) in [6, 6.07) is 32.7. The van der Waals surface area contributed by atoms with Gasteiger partial charge in [0.15, 0.2) is 0 Å². The highest BCUT2D eigenvalue weighted by Gasteiger charge is 2.04. The molecule has 12 nitrogen and oxygen atoms in total. The Labute approximate surface area is 312 Å². The summed E-state index contributed by atoms with van der Waals surface area (Å²) in [5, 5.41) is 15.4. The maximum absolute atomic E-state index is 9.43. The molecule has 0 saturated carbocycles. The molecular weight excluding hydrogens is 693 g/mol. The van der Waals surface area contributed by atoms with E-state index < -0.39 is 18.4 Å². The summed E-state index contributed by atoms with van der Waals surface area (Å²) in [6.07, 6.45) is 15.4. The van der Waals surface area contributed by atoms with Crippen molar-refractivity contribution in [3.05, 3.63) is 143 Å². The monoisotopic (exact) mass is 724 g/mol. The van der Waals surface area contributed by atoms with Gasteiger partial charge in [-0.3, -0.25) is 9.59 Å². The molecule has 12 heteroatoms. The fraction of sp³-hybridized carbons (Fsp3) is 0.0233. The molecule has 0 aliphatic carbocycles. The predicted octanol–water partition coefficient (Wildman–Crippen LogP) is 8.86. The van der Waals surface area contributed by atoms with Crippen LogP contribution in [-0.4, -0.2) is 62.0 Å².